The van der Waals surface area contributed by atoms with E-state index < -0.39 is 5.91 Å². The zero-order valence-corrected chi connectivity index (χ0v) is 15.6. The van der Waals surface area contributed by atoms with Gasteiger partial charge < -0.3 is 20.1 Å². The lowest BCUT2D eigenvalue weighted by Gasteiger charge is -2.18. The van der Waals surface area contributed by atoms with Gasteiger partial charge in [-0.1, -0.05) is 23.2 Å². The first kappa shape index (κ1) is 19.9. The molecule has 2 rings (SSSR count). The minimum Gasteiger partial charge on any atom is -0.492 e. The molecule has 0 aliphatic heterocycles. The van der Waals surface area contributed by atoms with Crippen LogP contribution in [0.25, 0.3) is 0 Å². The van der Waals surface area contributed by atoms with E-state index in [1.54, 1.807) is 37.4 Å². The molecule has 0 radical (unpaired) electrons. The molecule has 2 aromatic carbocycles. The van der Waals surface area contributed by atoms with Crippen LogP contribution in [0.2, 0.25) is 10.0 Å². The highest BCUT2D eigenvalue weighted by Gasteiger charge is 2.14. The van der Waals surface area contributed by atoms with E-state index in [0.717, 1.165) is 0 Å². The van der Waals surface area contributed by atoms with Gasteiger partial charge in [-0.15, -0.1) is 0 Å². The molecule has 0 spiro atoms. The van der Waals surface area contributed by atoms with Gasteiger partial charge in [0.1, 0.15) is 18.1 Å². The molecule has 2 aromatic rings. The lowest BCUT2D eigenvalue weighted by Crippen LogP contribution is -2.34. The van der Waals surface area contributed by atoms with Gasteiger partial charge in [0.25, 0.3) is 11.8 Å². The fraction of sp³-hybridized carbons (Fsp3) is 0.222. The first-order valence-electron chi connectivity index (χ1n) is 7.71. The summed E-state index contributed by atoms with van der Waals surface area (Å²) in [6.07, 6.45) is 0. The first-order valence-corrected chi connectivity index (χ1v) is 8.47. The number of amides is 2. The Balaban J connectivity index is 1.82. The maximum atomic E-state index is 12.1. The van der Waals surface area contributed by atoms with Crippen LogP contribution in [0.3, 0.4) is 0 Å². The Kier molecular flexibility index (Phi) is 7.12. The Morgan fingerprint density at radius 3 is 2.35 bits per heavy atom. The normalized spacial score (nSPS) is 10.3. The van der Waals surface area contributed by atoms with Crippen molar-refractivity contribution in [2.45, 2.75) is 0 Å². The van der Waals surface area contributed by atoms with Gasteiger partial charge in [0, 0.05) is 17.1 Å². The van der Waals surface area contributed by atoms with Gasteiger partial charge in [-0.25, -0.2) is 0 Å². The van der Waals surface area contributed by atoms with Crippen LogP contribution < -0.4 is 15.2 Å². The molecule has 0 unspecified atom stereocenters. The van der Waals surface area contributed by atoms with Gasteiger partial charge in [-0.2, -0.15) is 0 Å². The Morgan fingerprint density at radius 2 is 1.69 bits per heavy atom. The lowest BCUT2D eigenvalue weighted by atomic mass is 10.2. The molecule has 8 heteroatoms. The number of benzene rings is 2. The Labute approximate surface area is 161 Å². The SMILES string of the molecule is CN(CCOc1ccc(Cl)cc1)C(=O)COc1ccc(Cl)cc1C(N)=O. The molecule has 26 heavy (non-hydrogen) atoms. The predicted molar refractivity (Wildman–Crippen MR) is 100 cm³/mol. The highest BCUT2D eigenvalue weighted by Crippen LogP contribution is 2.22. The molecular weight excluding hydrogens is 379 g/mol. The van der Waals surface area contributed by atoms with Gasteiger partial charge in [0.2, 0.25) is 0 Å². The van der Waals surface area contributed by atoms with Gasteiger partial charge in [-0.3, -0.25) is 9.59 Å². The second kappa shape index (κ2) is 9.31. The van der Waals surface area contributed by atoms with E-state index in [9.17, 15) is 9.59 Å². The summed E-state index contributed by atoms with van der Waals surface area (Å²) in [7, 11) is 1.63. The number of halogens is 2. The molecule has 0 heterocycles. The molecule has 0 aliphatic rings. The third-order valence-electron chi connectivity index (χ3n) is 3.49. The van der Waals surface area contributed by atoms with Crippen LogP contribution in [0.1, 0.15) is 10.4 Å². The van der Waals surface area contributed by atoms with Crippen molar-refractivity contribution >= 4 is 35.0 Å². The zero-order chi connectivity index (χ0) is 19.1. The molecule has 0 saturated carbocycles. The summed E-state index contributed by atoms with van der Waals surface area (Å²) in [4.78, 5) is 25.0. The second-order valence-electron chi connectivity index (χ2n) is 5.41. The Morgan fingerprint density at radius 1 is 1.04 bits per heavy atom. The summed E-state index contributed by atoms with van der Waals surface area (Å²) in [6, 6.07) is 11.4. The molecule has 0 aromatic heterocycles. The number of rotatable bonds is 8. The molecule has 0 aliphatic carbocycles. The topological polar surface area (TPSA) is 81.9 Å². The largest absolute Gasteiger partial charge is 0.492 e. The molecule has 0 saturated heterocycles. The number of likely N-dealkylation sites (N-methyl/N-ethyl adjacent to an activating group) is 1. The summed E-state index contributed by atoms with van der Waals surface area (Å²) in [6.45, 7) is 0.449. The van der Waals surface area contributed by atoms with Crippen LogP contribution >= 0.6 is 23.2 Å². The van der Waals surface area contributed by atoms with Gasteiger partial charge in [0.15, 0.2) is 6.61 Å². The molecule has 0 fully saturated rings. The van der Waals surface area contributed by atoms with Gasteiger partial charge in [0.05, 0.1) is 12.1 Å². The Bertz CT molecular complexity index is 781. The van der Waals surface area contributed by atoms with Crippen molar-refractivity contribution in [2.75, 3.05) is 26.8 Å². The minimum absolute atomic E-state index is 0.124. The van der Waals surface area contributed by atoms with Crippen molar-refractivity contribution in [3.63, 3.8) is 0 Å². The molecule has 138 valence electrons. The van der Waals surface area contributed by atoms with E-state index in [2.05, 4.69) is 0 Å². The number of nitrogens with zero attached hydrogens (tertiary/aromatic N) is 1. The summed E-state index contributed by atoms with van der Waals surface area (Å²) in [5, 5.41) is 0.980. The highest BCUT2D eigenvalue weighted by atomic mass is 35.5. The molecule has 2 N–H and O–H groups in total. The van der Waals surface area contributed by atoms with E-state index in [4.69, 9.17) is 38.4 Å². The second-order valence-corrected chi connectivity index (χ2v) is 6.28. The molecular formula is C18H18Cl2N2O4. The lowest BCUT2D eigenvalue weighted by molar-refractivity contribution is -0.132. The summed E-state index contributed by atoms with van der Waals surface area (Å²) in [5.41, 5.74) is 5.41. The average molecular weight is 397 g/mol. The van der Waals surface area contributed by atoms with Crippen molar-refractivity contribution in [1.29, 1.82) is 0 Å². The van der Waals surface area contributed by atoms with E-state index >= 15 is 0 Å². The fourth-order valence-corrected chi connectivity index (χ4v) is 2.32. The molecule has 0 bridgehead atoms. The number of primary amides is 1. The number of hydrogen-bond donors (Lipinski definition) is 1. The summed E-state index contributed by atoms with van der Waals surface area (Å²) < 4.78 is 10.9. The number of hydrogen-bond acceptors (Lipinski definition) is 4. The molecule has 0 atom stereocenters. The number of nitrogens with two attached hydrogens (primary N) is 1. The monoisotopic (exact) mass is 396 g/mol. The Hall–Kier alpha value is -2.44. The van der Waals surface area contributed by atoms with Gasteiger partial charge in [-0.05, 0) is 42.5 Å². The van der Waals surface area contributed by atoms with Crippen LogP contribution in [0.4, 0.5) is 0 Å². The van der Waals surface area contributed by atoms with Crippen molar-refractivity contribution in [3.8, 4) is 11.5 Å². The highest BCUT2D eigenvalue weighted by molar-refractivity contribution is 6.31. The van der Waals surface area contributed by atoms with Crippen LogP contribution in [0, 0.1) is 0 Å². The quantitative estimate of drug-likeness (QED) is 0.743. The molecule has 6 nitrogen and oxygen atoms in total. The van der Waals surface area contributed by atoms with E-state index in [1.165, 1.54) is 17.0 Å². The maximum Gasteiger partial charge on any atom is 0.260 e. The number of ether oxygens (including phenoxy) is 2. The van der Waals surface area contributed by atoms with E-state index in [1.807, 2.05) is 0 Å². The third-order valence-corrected chi connectivity index (χ3v) is 3.98. The van der Waals surface area contributed by atoms with Crippen molar-refractivity contribution < 1.29 is 19.1 Å². The fourth-order valence-electron chi connectivity index (χ4n) is 2.03. The summed E-state index contributed by atoms with van der Waals surface area (Å²) in [5.74, 6) is -0.0745. The van der Waals surface area contributed by atoms with E-state index in [0.29, 0.717) is 28.9 Å². The standard InChI is InChI=1S/C18H18Cl2N2O4/c1-22(8-9-25-14-5-2-12(19)3-6-14)17(23)11-26-16-7-4-13(20)10-15(16)18(21)24/h2-7,10H,8-9,11H2,1H3,(H2,21,24). The minimum atomic E-state index is -0.681. The van der Waals surface area contributed by atoms with Crippen molar-refractivity contribution in [3.05, 3.63) is 58.1 Å². The van der Waals surface area contributed by atoms with Crippen LogP contribution in [-0.2, 0) is 4.79 Å². The number of carbonyl (C=O) groups is 2. The zero-order valence-electron chi connectivity index (χ0n) is 14.1. The average Bonchev–Trinajstić information content (AvgIpc) is 2.61. The summed E-state index contributed by atoms with van der Waals surface area (Å²) >= 11 is 11.6. The first-order chi connectivity index (χ1) is 12.4. The van der Waals surface area contributed by atoms with Crippen molar-refractivity contribution in [1.82, 2.24) is 4.90 Å². The van der Waals surface area contributed by atoms with Crippen LogP contribution in [0.5, 0.6) is 11.5 Å². The van der Waals surface area contributed by atoms with Crippen LogP contribution in [-0.4, -0.2) is 43.5 Å². The van der Waals surface area contributed by atoms with E-state index in [-0.39, 0.29) is 23.8 Å². The van der Waals surface area contributed by atoms with Crippen LogP contribution in [0.15, 0.2) is 42.5 Å². The van der Waals surface area contributed by atoms with Gasteiger partial charge >= 0.3 is 0 Å². The maximum absolute atomic E-state index is 12.1. The predicted octanol–water partition coefficient (Wildman–Crippen LogP) is 3.01. The molecule has 2 amide bonds. The third kappa shape index (κ3) is 5.82. The number of carbonyl (C=O) groups excluding carboxylic acids is 2. The smallest absolute Gasteiger partial charge is 0.260 e. The van der Waals surface area contributed by atoms with Crippen molar-refractivity contribution in [2.24, 2.45) is 5.73 Å².